The lowest BCUT2D eigenvalue weighted by molar-refractivity contribution is -0.123. The molecule has 140 valence electrons. The van der Waals surface area contributed by atoms with Gasteiger partial charge in [0.25, 0.3) is 0 Å². The van der Waals surface area contributed by atoms with Crippen molar-refractivity contribution in [1.82, 2.24) is 25.0 Å². The number of nitrogens with one attached hydrogen (secondary N) is 1. The summed E-state index contributed by atoms with van der Waals surface area (Å²) in [7, 11) is 2.04. The van der Waals surface area contributed by atoms with E-state index in [0.29, 0.717) is 24.4 Å². The third kappa shape index (κ3) is 4.56. The molecule has 1 aliphatic heterocycles. The zero-order chi connectivity index (χ0) is 17.8. The number of rotatable bonds is 5. The fourth-order valence-electron chi connectivity index (χ4n) is 4.26. The fourth-order valence-corrected chi connectivity index (χ4v) is 4.75. The van der Waals surface area contributed by atoms with Gasteiger partial charge in [-0.05, 0) is 44.4 Å². The molecule has 2 fully saturated rings. The minimum Gasteiger partial charge on any atom is -0.352 e. The molecule has 3 rings (SSSR count). The van der Waals surface area contributed by atoms with Gasteiger partial charge < -0.3 is 9.88 Å². The lowest BCUT2D eigenvalue weighted by Gasteiger charge is -2.33. The van der Waals surface area contributed by atoms with Crippen molar-refractivity contribution in [2.75, 3.05) is 25.9 Å². The summed E-state index contributed by atoms with van der Waals surface area (Å²) < 4.78 is 2.10. The van der Waals surface area contributed by atoms with Crippen molar-refractivity contribution < 1.29 is 4.79 Å². The van der Waals surface area contributed by atoms with Crippen LogP contribution in [0.2, 0.25) is 0 Å². The summed E-state index contributed by atoms with van der Waals surface area (Å²) in [6, 6.07) is 0.365. The first-order valence-corrected chi connectivity index (χ1v) is 10.8. The maximum Gasteiger partial charge on any atom is 0.234 e. The number of hydrogen-bond acceptors (Lipinski definition) is 5. The molecular weight excluding hydrogens is 334 g/mol. The first-order chi connectivity index (χ1) is 12.1. The standard InChI is InChI=1S/C18H31N5OS/c1-13-7-4-5-9-15(13)19-16(24)12-23-10-6-8-14(11-23)17-20-21-18(25-3)22(17)2/h13-15H,4-12H2,1-3H3,(H,19,24)/t13-,14+,15+/m0/s1. The van der Waals surface area contributed by atoms with Crippen LogP contribution in [0.15, 0.2) is 5.16 Å². The molecule has 25 heavy (non-hydrogen) atoms. The molecular formula is C18H31N5OS. The summed E-state index contributed by atoms with van der Waals surface area (Å²) in [4.78, 5) is 14.8. The van der Waals surface area contributed by atoms with Gasteiger partial charge in [0.05, 0.1) is 6.54 Å². The molecule has 1 saturated carbocycles. The molecule has 6 nitrogen and oxygen atoms in total. The monoisotopic (exact) mass is 365 g/mol. The molecule has 0 bridgehead atoms. The molecule has 1 aliphatic carbocycles. The van der Waals surface area contributed by atoms with E-state index in [1.165, 1.54) is 19.3 Å². The van der Waals surface area contributed by atoms with Crippen LogP contribution in [0, 0.1) is 5.92 Å². The SMILES string of the molecule is CSc1nnc([C@@H]2CCCN(CC(=O)N[C@@H]3CCCC[C@@H]3C)C2)n1C. The van der Waals surface area contributed by atoms with Crippen LogP contribution in [-0.4, -0.2) is 57.5 Å². The number of likely N-dealkylation sites (tertiary alicyclic amines) is 1. The molecule has 0 radical (unpaired) electrons. The Morgan fingerprint density at radius 3 is 2.76 bits per heavy atom. The molecule has 2 heterocycles. The average Bonchev–Trinajstić information content (AvgIpc) is 2.98. The van der Waals surface area contributed by atoms with Crippen LogP contribution in [0.5, 0.6) is 0 Å². The molecule has 1 N–H and O–H groups in total. The van der Waals surface area contributed by atoms with Gasteiger partial charge in [-0.2, -0.15) is 0 Å². The normalized spacial score (nSPS) is 28.0. The highest BCUT2D eigenvalue weighted by Gasteiger charge is 2.28. The third-order valence-electron chi connectivity index (χ3n) is 5.75. The second kappa shape index (κ2) is 8.54. The largest absolute Gasteiger partial charge is 0.352 e. The van der Waals surface area contributed by atoms with E-state index in [9.17, 15) is 4.79 Å². The van der Waals surface area contributed by atoms with Crippen LogP contribution in [0.1, 0.15) is 57.2 Å². The highest BCUT2D eigenvalue weighted by atomic mass is 32.2. The summed E-state index contributed by atoms with van der Waals surface area (Å²) in [5, 5.41) is 12.9. The maximum atomic E-state index is 12.5. The van der Waals surface area contributed by atoms with Crippen LogP contribution in [0.3, 0.4) is 0 Å². The summed E-state index contributed by atoms with van der Waals surface area (Å²) in [5.74, 6) is 2.21. The molecule has 1 amide bonds. The van der Waals surface area contributed by atoms with Crippen molar-refractivity contribution >= 4 is 17.7 Å². The highest BCUT2D eigenvalue weighted by Crippen LogP contribution is 2.27. The zero-order valence-electron chi connectivity index (χ0n) is 15.7. The Kier molecular flexibility index (Phi) is 6.39. The van der Waals surface area contributed by atoms with Gasteiger partial charge in [0.2, 0.25) is 5.91 Å². The van der Waals surface area contributed by atoms with Gasteiger partial charge in [0.1, 0.15) is 5.82 Å². The first-order valence-electron chi connectivity index (χ1n) is 9.53. The zero-order valence-corrected chi connectivity index (χ0v) is 16.5. The fraction of sp³-hybridized carbons (Fsp3) is 0.833. The Hall–Kier alpha value is -1.08. The van der Waals surface area contributed by atoms with Crippen LogP contribution >= 0.6 is 11.8 Å². The van der Waals surface area contributed by atoms with E-state index in [2.05, 4.69) is 31.9 Å². The molecule has 7 heteroatoms. The van der Waals surface area contributed by atoms with Crippen LogP contribution in [0.4, 0.5) is 0 Å². The molecule has 3 atom stereocenters. The van der Waals surface area contributed by atoms with Crippen molar-refractivity contribution in [2.24, 2.45) is 13.0 Å². The Labute approximate surface area is 155 Å². The average molecular weight is 366 g/mol. The maximum absolute atomic E-state index is 12.5. The number of aromatic nitrogens is 3. The van der Waals surface area contributed by atoms with Gasteiger partial charge in [-0.25, -0.2) is 0 Å². The van der Waals surface area contributed by atoms with Gasteiger partial charge >= 0.3 is 0 Å². The minimum absolute atomic E-state index is 0.183. The van der Waals surface area contributed by atoms with Crippen LogP contribution in [-0.2, 0) is 11.8 Å². The van der Waals surface area contributed by atoms with E-state index in [4.69, 9.17) is 0 Å². The number of thioether (sulfide) groups is 1. The number of carbonyl (C=O) groups is 1. The van der Waals surface area contributed by atoms with E-state index in [0.717, 1.165) is 43.3 Å². The van der Waals surface area contributed by atoms with Gasteiger partial charge in [-0.1, -0.05) is 31.5 Å². The lowest BCUT2D eigenvalue weighted by Crippen LogP contribution is -2.47. The predicted octanol–water partition coefficient (Wildman–Crippen LogP) is 2.41. The van der Waals surface area contributed by atoms with Gasteiger partial charge in [-0.15, -0.1) is 10.2 Å². The Bertz CT molecular complexity index is 590. The molecule has 0 unspecified atom stereocenters. The lowest BCUT2D eigenvalue weighted by atomic mass is 9.86. The van der Waals surface area contributed by atoms with Crippen molar-refractivity contribution in [2.45, 2.75) is 62.6 Å². The quantitative estimate of drug-likeness (QED) is 0.812. The minimum atomic E-state index is 0.183. The topological polar surface area (TPSA) is 63.1 Å². The van der Waals surface area contributed by atoms with Crippen molar-refractivity contribution in [3.63, 3.8) is 0 Å². The van der Waals surface area contributed by atoms with E-state index in [-0.39, 0.29) is 5.91 Å². The Balaban J connectivity index is 1.54. The van der Waals surface area contributed by atoms with Crippen molar-refractivity contribution in [3.05, 3.63) is 5.82 Å². The Morgan fingerprint density at radius 1 is 1.24 bits per heavy atom. The number of carbonyl (C=O) groups excluding carboxylic acids is 1. The van der Waals surface area contributed by atoms with Crippen molar-refractivity contribution in [1.29, 1.82) is 0 Å². The third-order valence-corrected chi connectivity index (χ3v) is 6.47. The van der Waals surface area contributed by atoms with E-state index in [1.54, 1.807) is 11.8 Å². The molecule has 1 aromatic heterocycles. The van der Waals surface area contributed by atoms with Gasteiger partial charge in [0.15, 0.2) is 5.16 Å². The second-order valence-electron chi connectivity index (χ2n) is 7.61. The highest BCUT2D eigenvalue weighted by molar-refractivity contribution is 7.98. The predicted molar refractivity (Wildman–Crippen MR) is 101 cm³/mol. The number of piperidine rings is 1. The molecule has 1 saturated heterocycles. The van der Waals surface area contributed by atoms with E-state index >= 15 is 0 Å². The van der Waals surface area contributed by atoms with Crippen molar-refractivity contribution in [3.8, 4) is 0 Å². The number of amides is 1. The van der Waals surface area contributed by atoms with E-state index in [1.807, 2.05) is 13.3 Å². The number of nitrogens with zero attached hydrogens (tertiary/aromatic N) is 4. The number of hydrogen-bond donors (Lipinski definition) is 1. The summed E-state index contributed by atoms with van der Waals surface area (Å²) in [6.07, 6.45) is 9.17. The summed E-state index contributed by atoms with van der Waals surface area (Å²) in [5.41, 5.74) is 0. The van der Waals surface area contributed by atoms with Crippen LogP contribution in [0.25, 0.3) is 0 Å². The molecule has 0 aromatic carbocycles. The summed E-state index contributed by atoms with van der Waals surface area (Å²) >= 11 is 1.62. The molecule has 1 aromatic rings. The van der Waals surface area contributed by atoms with Gasteiger partial charge in [-0.3, -0.25) is 9.69 Å². The van der Waals surface area contributed by atoms with Crippen LogP contribution < -0.4 is 5.32 Å². The summed E-state index contributed by atoms with van der Waals surface area (Å²) in [6.45, 7) is 4.66. The Morgan fingerprint density at radius 2 is 2.04 bits per heavy atom. The first kappa shape index (κ1) is 18.7. The smallest absolute Gasteiger partial charge is 0.234 e. The molecule has 0 spiro atoms. The second-order valence-corrected chi connectivity index (χ2v) is 8.39. The van der Waals surface area contributed by atoms with Gasteiger partial charge in [0, 0.05) is 25.6 Å². The molecule has 2 aliphatic rings. The van der Waals surface area contributed by atoms with E-state index < -0.39 is 0 Å².